The van der Waals surface area contributed by atoms with Gasteiger partial charge in [-0.25, -0.2) is 0 Å². The van der Waals surface area contributed by atoms with Crippen LogP contribution in [0.3, 0.4) is 0 Å². The van der Waals surface area contributed by atoms with Crippen molar-refractivity contribution in [3.05, 3.63) is 54.2 Å². The Bertz CT molecular complexity index is 680. The van der Waals surface area contributed by atoms with Crippen LogP contribution in [0, 0.1) is 0 Å². The molecule has 7 heteroatoms. The molecule has 1 N–H and O–H groups in total. The highest BCUT2D eigenvalue weighted by atomic mass is 16.3. The van der Waals surface area contributed by atoms with E-state index in [9.17, 15) is 9.59 Å². The molecule has 25 heavy (non-hydrogen) atoms. The van der Waals surface area contributed by atoms with Crippen LogP contribution in [0.25, 0.3) is 0 Å². The fourth-order valence-corrected chi connectivity index (χ4v) is 2.80. The first kappa shape index (κ1) is 17.2. The highest BCUT2D eigenvalue weighted by molar-refractivity contribution is 5.91. The number of furan rings is 1. The third-order valence-corrected chi connectivity index (χ3v) is 4.19. The van der Waals surface area contributed by atoms with E-state index >= 15 is 0 Å². The molecular weight excluding hydrogens is 320 g/mol. The Kier molecular flexibility index (Phi) is 5.79. The number of pyridine rings is 1. The van der Waals surface area contributed by atoms with E-state index < -0.39 is 0 Å². The minimum Gasteiger partial charge on any atom is -0.459 e. The number of carbonyl (C=O) groups excluding carboxylic acids is 2. The van der Waals surface area contributed by atoms with Gasteiger partial charge in [0.15, 0.2) is 5.76 Å². The van der Waals surface area contributed by atoms with E-state index in [4.69, 9.17) is 4.42 Å². The molecule has 1 fully saturated rings. The van der Waals surface area contributed by atoms with E-state index in [2.05, 4.69) is 15.2 Å². The summed E-state index contributed by atoms with van der Waals surface area (Å²) < 4.78 is 5.15. The fraction of sp³-hybridized carbons (Fsp3) is 0.389. The minimum atomic E-state index is -0.0931. The first-order chi connectivity index (χ1) is 12.2. The molecule has 0 radical (unpaired) electrons. The standard InChI is InChI=1S/C18H22N4O3/c23-17(20-8-6-15-4-1-2-7-19-15)14-21-9-11-22(12-10-21)18(24)16-5-3-13-25-16/h1-5,7,13H,6,8-12,14H2,(H,20,23). The van der Waals surface area contributed by atoms with Crippen LogP contribution in [0.5, 0.6) is 0 Å². The molecular formula is C18H22N4O3. The van der Waals surface area contributed by atoms with Crippen LogP contribution in [-0.4, -0.2) is 65.9 Å². The largest absolute Gasteiger partial charge is 0.459 e. The summed E-state index contributed by atoms with van der Waals surface area (Å²) in [7, 11) is 0. The molecule has 2 aromatic rings. The average molecular weight is 342 g/mol. The predicted octanol–water partition coefficient (Wildman–Crippen LogP) is 0.791. The summed E-state index contributed by atoms with van der Waals surface area (Å²) in [6, 6.07) is 9.13. The van der Waals surface area contributed by atoms with Gasteiger partial charge < -0.3 is 14.6 Å². The van der Waals surface area contributed by atoms with Gasteiger partial charge in [-0.05, 0) is 24.3 Å². The van der Waals surface area contributed by atoms with Crippen molar-refractivity contribution in [3.63, 3.8) is 0 Å². The molecule has 1 aliphatic rings. The molecule has 0 unspecified atom stereocenters. The smallest absolute Gasteiger partial charge is 0.289 e. The monoisotopic (exact) mass is 342 g/mol. The Morgan fingerprint density at radius 2 is 1.96 bits per heavy atom. The van der Waals surface area contributed by atoms with Gasteiger partial charge in [-0.2, -0.15) is 0 Å². The lowest BCUT2D eigenvalue weighted by atomic mass is 10.2. The van der Waals surface area contributed by atoms with Crippen molar-refractivity contribution in [2.24, 2.45) is 0 Å². The molecule has 0 spiro atoms. The summed E-state index contributed by atoms with van der Waals surface area (Å²) in [6.07, 6.45) is 3.97. The predicted molar refractivity (Wildman–Crippen MR) is 92.0 cm³/mol. The average Bonchev–Trinajstić information content (AvgIpc) is 3.17. The second kappa shape index (κ2) is 8.43. The molecule has 2 aromatic heterocycles. The maximum absolute atomic E-state index is 12.2. The summed E-state index contributed by atoms with van der Waals surface area (Å²) in [4.78, 5) is 32.3. The molecule has 1 saturated heterocycles. The number of hydrogen-bond donors (Lipinski definition) is 1. The second-order valence-electron chi connectivity index (χ2n) is 5.97. The number of hydrogen-bond acceptors (Lipinski definition) is 5. The second-order valence-corrected chi connectivity index (χ2v) is 5.97. The highest BCUT2D eigenvalue weighted by Gasteiger charge is 2.24. The highest BCUT2D eigenvalue weighted by Crippen LogP contribution is 2.09. The number of piperazine rings is 1. The van der Waals surface area contributed by atoms with Crippen molar-refractivity contribution in [1.29, 1.82) is 0 Å². The molecule has 0 aliphatic carbocycles. The van der Waals surface area contributed by atoms with Gasteiger partial charge in [-0.3, -0.25) is 19.5 Å². The van der Waals surface area contributed by atoms with Crippen molar-refractivity contribution < 1.29 is 14.0 Å². The van der Waals surface area contributed by atoms with Crippen LogP contribution >= 0.6 is 0 Å². The van der Waals surface area contributed by atoms with Gasteiger partial charge in [0, 0.05) is 51.0 Å². The summed E-state index contributed by atoms with van der Waals surface area (Å²) in [5, 5.41) is 2.92. The lowest BCUT2D eigenvalue weighted by Gasteiger charge is -2.33. The number of rotatable bonds is 6. The van der Waals surface area contributed by atoms with Gasteiger partial charge in [0.25, 0.3) is 5.91 Å². The van der Waals surface area contributed by atoms with Gasteiger partial charge in [0.2, 0.25) is 5.91 Å². The maximum Gasteiger partial charge on any atom is 0.289 e. The zero-order chi connectivity index (χ0) is 17.5. The van der Waals surface area contributed by atoms with Crippen molar-refractivity contribution in [1.82, 2.24) is 20.1 Å². The molecule has 3 rings (SSSR count). The van der Waals surface area contributed by atoms with E-state index in [1.807, 2.05) is 18.2 Å². The van der Waals surface area contributed by atoms with Crippen LogP contribution in [0.4, 0.5) is 0 Å². The van der Waals surface area contributed by atoms with E-state index in [0.717, 1.165) is 12.1 Å². The zero-order valence-corrected chi connectivity index (χ0v) is 14.1. The Morgan fingerprint density at radius 1 is 1.12 bits per heavy atom. The number of carbonyl (C=O) groups is 2. The normalized spacial score (nSPS) is 15.1. The first-order valence-electron chi connectivity index (χ1n) is 8.44. The third kappa shape index (κ3) is 4.90. The summed E-state index contributed by atoms with van der Waals surface area (Å²) in [5.41, 5.74) is 0.966. The molecule has 0 bridgehead atoms. The van der Waals surface area contributed by atoms with Crippen molar-refractivity contribution in [3.8, 4) is 0 Å². The van der Waals surface area contributed by atoms with Gasteiger partial charge in [-0.1, -0.05) is 6.07 Å². The summed E-state index contributed by atoms with van der Waals surface area (Å²) in [5.74, 6) is 0.270. The van der Waals surface area contributed by atoms with E-state index in [-0.39, 0.29) is 11.8 Å². The van der Waals surface area contributed by atoms with Crippen LogP contribution in [-0.2, 0) is 11.2 Å². The molecule has 2 amide bonds. The maximum atomic E-state index is 12.2. The van der Waals surface area contributed by atoms with Gasteiger partial charge in [0.1, 0.15) is 0 Å². The summed E-state index contributed by atoms with van der Waals surface area (Å²) in [6.45, 7) is 3.49. The van der Waals surface area contributed by atoms with Gasteiger partial charge >= 0.3 is 0 Å². The SMILES string of the molecule is O=C(CN1CCN(C(=O)c2ccco2)CC1)NCCc1ccccn1. The molecule has 0 saturated carbocycles. The lowest BCUT2D eigenvalue weighted by molar-refractivity contribution is -0.122. The molecule has 0 atom stereocenters. The van der Waals surface area contributed by atoms with Crippen LogP contribution in [0.15, 0.2) is 47.2 Å². The Labute approximate surface area is 146 Å². The Hall–Kier alpha value is -2.67. The third-order valence-electron chi connectivity index (χ3n) is 4.19. The van der Waals surface area contributed by atoms with Gasteiger partial charge in [-0.15, -0.1) is 0 Å². The molecule has 7 nitrogen and oxygen atoms in total. The number of nitrogens with one attached hydrogen (secondary N) is 1. The summed E-state index contributed by atoms with van der Waals surface area (Å²) >= 11 is 0. The fourth-order valence-electron chi connectivity index (χ4n) is 2.80. The van der Waals surface area contributed by atoms with Crippen molar-refractivity contribution in [2.75, 3.05) is 39.3 Å². The lowest BCUT2D eigenvalue weighted by Crippen LogP contribution is -2.51. The van der Waals surface area contributed by atoms with E-state index in [1.165, 1.54) is 6.26 Å². The topological polar surface area (TPSA) is 78.7 Å². The Morgan fingerprint density at radius 3 is 2.64 bits per heavy atom. The first-order valence-corrected chi connectivity index (χ1v) is 8.44. The van der Waals surface area contributed by atoms with Crippen LogP contribution < -0.4 is 5.32 Å². The number of amides is 2. The van der Waals surface area contributed by atoms with Gasteiger partial charge in [0.05, 0.1) is 12.8 Å². The quantitative estimate of drug-likeness (QED) is 0.840. The Balaban J connectivity index is 1.35. The van der Waals surface area contributed by atoms with Crippen LogP contribution in [0.2, 0.25) is 0 Å². The number of aromatic nitrogens is 1. The van der Waals surface area contributed by atoms with E-state index in [1.54, 1.807) is 23.2 Å². The van der Waals surface area contributed by atoms with Crippen molar-refractivity contribution >= 4 is 11.8 Å². The number of nitrogens with zero attached hydrogens (tertiary/aromatic N) is 3. The van der Waals surface area contributed by atoms with E-state index in [0.29, 0.717) is 45.0 Å². The minimum absolute atomic E-state index is 0.00161. The molecule has 1 aliphatic heterocycles. The molecule has 3 heterocycles. The van der Waals surface area contributed by atoms with Crippen molar-refractivity contribution in [2.45, 2.75) is 6.42 Å². The molecule has 132 valence electrons. The molecule has 0 aromatic carbocycles. The zero-order valence-electron chi connectivity index (χ0n) is 14.1. The van der Waals surface area contributed by atoms with Crippen LogP contribution in [0.1, 0.15) is 16.2 Å².